The van der Waals surface area contributed by atoms with Gasteiger partial charge in [-0.1, -0.05) is 66.5 Å². The molecule has 194 valence electrons. The zero-order chi connectivity index (χ0) is 24.9. The van der Waals surface area contributed by atoms with E-state index in [0.717, 1.165) is 30.6 Å². The van der Waals surface area contributed by atoms with Crippen LogP contribution in [0.2, 0.25) is 0 Å². The van der Waals surface area contributed by atoms with Crippen LogP contribution in [0.4, 0.5) is 0 Å². The Labute approximate surface area is 210 Å². The maximum Gasteiger partial charge on any atom is 0.0755 e. The first kappa shape index (κ1) is 25.3. The van der Waals surface area contributed by atoms with Crippen LogP contribution >= 0.6 is 0 Å². The zero-order valence-electron chi connectivity index (χ0n) is 23.8. The lowest BCUT2D eigenvalue weighted by molar-refractivity contribution is -0.222. The van der Waals surface area contributed by atoms with Crippen LogP contribution in [-0.4, -0.2) is 17.8 Å². The summed E-state index contributed by atoms with van der Waals surface area (Å²) in [6.45, 7) is 21.1. The number of hydrogen-bond acceptors (Lipinski definition) is 2. The molecule has 5 rings (SSSR count). The van der Waals surface area contributed by atoms with E-state index in [2.05, 4.69) is 55.4 Å². The van der Waals surface area contributed by atoms with Gasteiger partial charge in [-0.3, -0.25) is 0 Å². The third-order valence-corrected chi connectivity index (χ3v) is 14.1. The molecule has 0 saturated heterocycles. The van der Waals surface area contributed by atoms with Crippen molar-refractivity contribution < 1.29 is 5.11 Å². The second-order valence-corrected chi connectivity index (χ2v) is 15.4. The van der Waals surface area contributed by atoms with Crippen molar-refractivity contribution >= 4 is 0 Å². The van der Waals surface area contributed by atoms with Gasteiger partial charge in [0.25, 0.3) is 0 Å². The van der Waals surface area contributed by atoms with E-state index in [1.165, 1.54) is 51.4 Å². The van der Waals surface area contributed by atoms with Gasteiger partial charge in [0, 0.05) is 12.0 Å². The quantitative estimate of drug-likeness (QED) is 0.415. The first-order valence-corrected chi connectivity index (χ1v) is 14.9. The van der Waals surface area contributed by atoms with Crippen molar-refractivity contribution in [2.75, 3.05) is 6.54 Å². The van der Waals surface area contributed by atoms with E-state index in [4.69, 9.17) is 5.73 Å². The Balaban J connectivity index is 1.59. The molecular weight excluding hydrogens is 414 g/mol. The number of allylic oxidation sites excluding steroid dienone is 1. The minimum atomic E-state index is -0.372. The highest BCUT2D eigenvalue weighted by molar-refractivity contribution is 5.39. The Morgan fingerprint density at radius 1 is 0.853 bits per heavy atom. The van der Waals surface area contributed by atoms with Crippen LogP contribution in [0.3, 0.4) is 0 Å². The molecule has 0 aromatic rings. The molecule has 4 fully saturated rings. The van der Waals surface area contributed by atoms with Gasteiger partial charge < -0.3 is 10.8 Å². The smallest absolute Gasteiger partial charge is 0.0755 e. The van der Waals surface area contributed by atoms with E-state index in [-0.39, 0.29) is 11.5 Å². The van der Waals surface area contributed by atoms with Crippen LogP contribution in [0.1, 0.15) is 120 Å². The Morgan fingerprint density at radius 3 is 2.21 bits per heavy atom. The average Bonchev–Trinajstić information content (AvgIpc) is 3.18. The number of rotatable bonds is 3. The van der Waals surface area contributed by atoms with Crippen LogP contribution in [0.5, 0.6) is 0 Å². The molecular formula is C32H55NO. The lowest BCUT2D eigenvalue weighted by atomic mass is 9.32. The lowest BCUT2D eigenvalue weighted by Gasteiger charge is -2.72. The molecule has 5 aliphatic carbocycles. The summed E-state index contributed by atoms with van der Waals surface area (Å²) in [6, 6.07) is 0. The molecule has 0 spiro atoms. The van der Waals surface area contributed by atoms with Crippen molar-refractivity contribution in [3.8, 4) is 0 Å². The molecule has 3 N–H and O–H groups in total. The standard InChI is InChI=1S/C32H55NO/c1-20(2)22-12-16-32(26(34)19-33)18-17-30(7)23(27(22)32)9-10-25-29(6)14-11-21(3)28(4,5)24(29)13-15-31(25,30)8/h20-21,23-26,34H,9-19,33H2,1-8H3/t21-,23+,24-,25+,26?,29-,30+,31+,32+/m0/s1. The molecule has 0 amide bonds. The average molecular weight is 470 g/mol. The molecule has 0 bridgehead atoms. The number of fused-ring (bicyclic) bond motifs is 7. The Morgan fingerprint density at radius 2 is 1.56 bits per heavy atom. The summed E-state index contributed by atoms with van der Waals surface area (Å²) in [7, 11) is 0. The van der Waals surface area contributed by atoms with E-state index >= 15 is 0 Å². The summed E-state index contributed by atoms with van der Waals surface area (Å²) in [5.74, 6) is 3.76. The lowest BCUT2D eigenvalue weighted by Crippen LogP contribution is -2.65. The molecule has 0 aliphatic heterocycles. The van der Waals surface area contributed by atoms with Gasteiger partial charge >= 0.3 is 0 Å². The fraction of sp³-hybridized carbons (Fsp3) is 0.938. The van der Waals surface area contributed by atoms with Gasteiger partial charge in [-0.05, 0) is 115 Å². The highest BCUT2D eigenvalue weighted by Crippen LogP contribution is 2.77. The third kappa shape index (κ3) is 2.94. The summed E-state index contributed by atoms with van der Waals surface area (Å²) in [5.41, 5.74) is 11.2. The van der Waals surface area contributed by atoms with Gasteiger partial charge in [-0.15, -0.1) is 0 Å². The van der Waals surface area contributed by atoms with Crippen LogP contribution in [0, 0.1) is 56.7 Å². The third-order valence-electron chi connectivity index (χ3n) is 14.1. The van der Waals surface area contributed by atoms with Crippen molar-refractivity contribution in [2.45, 2.75) is 126 Å². The molecule has 0 aromatic heterocycles. The van der Waals surface area contributed by atoms with Gasteiger partial charge in [0.1, 0.15) is 0 Å². The van der Waals surface area contributed by atoms with Crippen LogP contribution in [0.15, 0.2) is 11.1 Å². The molecule has 2 nitrogen and oxygen atoms in total. The van der Waals surface area contributed by atoms with Crippen LogP contribution in [0.25, 0.3) is 0 Å². The van der Waals surface area contributed by atoms with Gasteiger partial charge in [-0.25, -0.2) is 0 Å². The summed E-state index contributed by atoms with van der Waals surface area (Å²) < 4.78 is 0. The van der Waals surface area contributed by atoms with Gasteiger partial charge in [-0.2, -0.15) is 0 Å². The number of hydrogen-bond donors (Lipinski definition) is 2. The van der Waals surface area contributed by atoms with Gasteiger partial charge in [0.15, 0.2) is 0 Å². The number of aliphatic hydroxyl groups excluding tert-OH is 1. The highest BCUT2D eigenvalue weighted by Gasteiger charge is 2.69. The van der Waals surface area contributed by atoms with E-state index in [9.17, 15) is 5.11 Å². The predicted octanol–water partition coefficient (Wildman–Crippen LogP) is 7.74. The van der Waals surface area contributed by atoms with Gasteiger partial charge in [0.05, 0.1) is 6.10 Å². The predicted molar refractivity (Wildman–Crippen MR) is 143 cm³/mol. The van der Waals surface area contributed by atoms with Crippen molar-refractivity contribution in [3.05, 3.63) is 11.1 Å². The van der Waals surface area contributed by atoms with Crippen molar-refractivity contribution in [1.29, 1.82) is 0 Å². The van der Waals surface area contributed by atoms with E-state index in [0.29, 0.717) is 40.0 Å². The Kier molecular flexibility index (Phi) is 5.83. The SMILES string of the molecule is CC(C)C1=C2[C@H]3CC[C@@H]4[C@@]5(C)CC[C@H](C)C(C)(C)[C@@H]5CC[C@@]4(C)[C@]3(C)CC[C@@]2(C(O)CN)CC1. The topological polar surface area (TPSA) is 46.2 Å². The van der Waals surface area contributed by atoms with Crippen LogP contribution < -0.4 is 5.73 Å². The summed E-state index contributed by atoms with van der Waals surface area (Å²) in [6.07, 6.45) is 12.7. The molecule has 4 saturated carbocycles. The summed E-state index contributed by atoms with van der Waals surface area (Å²) >= 11 is 0. The normalized spacial score (nSPS) is 50.9. The maximum absolute atomic E-state index is 11.3. The second kappa shape index (κ2) is 7.83. The van der Waals surface area contributed by atoms with Crippen LogP contribution in [-0.2, 0) is 0 Å². The van der Waals surface area contributed by atoms with E-state index < -0.39 is 0 Å². The molecule has 1 unspecified atom stereocenters. The Bertz CT molecular complexity index is 857. The van der Waals surface area contributed by atoms with Gasteiger partial charge in [0.2, 0.25) is 0 Å². The fourth-order valence-corrected chi connectivity index (χ4v) is 11.6. The monoisotopic (exact) mass is 469 g/mol. The molecule has 5 aliphatic rings. The first-order valence-electron chi connectivity index (χ1n) is 14.9. The van der Waals surface area contributed by atoms with Crippen molar-refractivity contribution in [1.82, 2.24) is 0 Å². The second-order valence-electron chi connectivity index (χ2n) is 15.4. The van der Waals surface area contributed by atoms with Crippen molar-refractivity contribution in [3.63, 3.8) is 0 Å². The van der Waals surface area contributed by atoms with Crippen molar-refractivity contribution in [2.24, 2.45) is 62.4 Å². The minimum Gasteiger partial charge on any atom is -0.391 e. The molecule has 34 heavy (non-hydrogen) atoms. The molecule has 0 aromatic carbocycles. The maximum atomic E-state index is 11.3. The summed E-state index contributed by atoms with van der Waals surface area (Å²) in [5, 5.41) is 11.3. The minimum absolute atomic E-state index is 0.0366. The highest BCUT2D eigenvalue weighted by atomic mass is 16.3. The summed E-state index contributed by atoms with van der Waals surface area (Å²) in [4.78, 5) is 0. The molecule has 0 radical (unpaired) electrons. The molecule has 0 heterocycles. The van der Waals surface area contributed by atoms with E-state index in [1.54, 1.807) is 11.1 Å². The largest absolute Gasteiger partial charge is 0.391 e. The molecule has 9 atom stereocenters. The molecule has 2 heteroatoms. The fourth-order valence-electron chi connectivity index (χ4n) is 11.6. The van der Waals surface area contributed by atoms with E-state index in [1.807, 2.05) is 0 Å². The first-order chi connectivity index (χ1) is 15.8. The number of aliphatic hydroxyl groups is 1. The Hall–Kier alpha value is -0.340. The zero-order valence-corrected chi connectivity index (χ0v) is 23.8. The number of nitrogens with two attached hydrogens (primary N) is 1.